The molecular weight excluding hydrogens is 384 g/mol. The molecule has 0 radical (unpaired) electrons. The summed E-state index contributed by atoms with van der Waals surface area (Å²) in [6, 6.07) is 8.75. The summed E-state index contributed by atoms with van der Waals surface area (Å²) in [4.78, 5) is 4.09. The van der Waals surface area contributed by atoms with Crippen LogP contribution < -0.4 is 0 Å². The van der Waals surface area contributed by atoms with E-state index in [0.29, 0.717) is 10.6 Å². The molecule has 0 amide bonds. The summed E-state index contributed by atoms with van der Waals surface area (Å²) in [5.74, 6) is -0.169. The second kappa shape index (κ2) is 7.03. The van der Waals surface area contributed by atoms with E-state index in [0.717, 1.165) is 0 Å². The van der Waals surface area contributed by atoms with Gasteiger partial charge in [-0.05, 0) is 42.3 Å². The van der Waals surface area contributed by atoms with Gasteiger partial charge in [0.1, 0.15) is 0 Å². The van der Waals surface area contributed by atoms with Gasteiger partial charge in [0.25, 0.3) is 0 Å². The third-order valence-electron chi connectivity index (χ3n) is 4.10. The van der Waals surface area contributed by atoms with Crippen LogP contribution in [0.15, 0.2) is 53.7 Å². The van der Waals surface area contributed by atoms with E-state index in [1.165, 1.54) is 28.6 Å². The van der Waals surface area contributed by atoms with Crippen molar-refractivity contribution in [2.75, 3.05) is 11.5 Å². The SMILES string of the molecule is O=S1(=O)CC[C@@H](N(Cc2cccnc2)S(=O)(=O)c2ccc(Cl)cc2)C1. The minimum atomic E-state index is -3.87. The Labute approximate surface area is 152 Å². The first-order valence-corrected chi connectivity index (χ1v) is 11.3. The smallest absolute Gasteiger partial charge is 0.243 e. The highest BCUT2D eigenvalue weighted by molar-refractivity contribution is 7.92. The van der Waals surface area contributed by atoms with Crippen LogP contribution in [0.25, 0.3) is 0 Å². The monoisotopic (exact) mass is 400 g/mol. The highest BCUT2D eigenvalue weighted by Gasteiger charge is 2.38. The predicted octanol–water partition coefficient (Wildman–Crippen LogP) is 2.11. The van der Waals surface area contributed by atoms with Gasteiger partial charge in [0.2, 0.25) is 10.0 Å². The fraction of sp³-hybridized carbons (Fsp3) is 0.312. The minimum absolute atomic E-state index is 0.00263. The van der Waals surface area contributed by atoms with E-state index in [1.807, 2.05) is 0 Å². The number of nitrogens with zero attached hydrogens (tertiary/aromatic N) is 2. The molecule has 134 valence electrons. The van der Waals surface area contributed by atoms with Gasteiger partial charge in [-0.15, -0.1) is 0 Å². The van der Waals surface area contributed by atoms with Gasteiger partial charge in [0, 0.05) is 30.0 Å². The maximum atomic E-state index is 13.1. The Bertz CT molecular complexity index is 945. The van der Waals surface area contributed by atoms with E-state index >= 15 is 0 Å². The molecule has 0 saturated carbocycles. The molecular formula is C16H17ClN2O4S2. The maximum Gasteiger partial charge on any atom is 0.243 e. The van der Waals surface area contributed by atoms with Crippen molar-refractivity contribution >= 4 is 31.5 Å². The van der Waals surface area contributed by atoms with Crippen LogP contribution >= 0.6 is 11.6 Å². The molecule has 9 heteroatoms. The summed E-state index contributed by atoms with van der Waals surface area (Å²) in [6.07, 6.45) is 3.46. The minimum Gasteiger partial charge on any atom is -0.264 e. The molecule has 3 rings (SSSR count). The molecule has 1 aromatic carbocycles. The molecule has 1 atom stereocenters. The molecule has 6 nitrogen and oxygen atoms in total. The van der Waals surface area contributed by atoms with Crippen molar-refractivity contribution in [2.24, 2.45) is 0 Å². The zero-order valence-corrected chi connectivity index (χ0v) is 15.6. The Morgan fingerprint density at radius 3 is 2.48 bits per heavy atom. The Hall–Kier alpha value is -1.48. The van der Waals surface area contributed by atoms with Crippen LogP contribution in [0.4, 0.5) is 0 Å². The number of hydrogen-bond donors (Lipinski definition) is 0. The van der Waals surface area contributed by atoms with E-state index in [-0.39, 0.29) is 29.4 Å². The molecule has 1 saturated heterocycles. The molecule has 1 fully saturated rings. The number of sulfonamides is 1. The number of pyridine rings is 1. The normalized spacial score (nSPS) is 20.0. The van der Waals surface area contributed by atoms with Crippen molar-refractivity contribution in [3.05, 3.63) is 59.4 Å². The summed E-state index contributed by atoms with van der Waals surface area (Å²) in [5.41, 5.74) is 0.698. The zero-order chi connectivity index (χ0) is 18.1. The van der Waals surface area contributed by atoms with Gasteiger partial charge in [-0.1, -0.05) is 17.7 Å². The number of aromatic nitrogens is 1. The van der Waals surface area contributed by atoms with E-state index in [9.17, 15) is 16.8 Å². The molecule has 0 spiro atoms. The number of rotatable bonds is 5. The van der Waals surface area contributed by atoms with E-state index in [2.05, 4.69) is 4.98 Å². The van der Waals surface area contributed by atoms with Crippen molar-refractivity contribution in [3.63, 3.8) is 0 Å². The van der Waals surface area contributed by atoms with E-state index in [4.69, 9.17) is 11.6 Å². The summed E-state index contributed by atoms with van der Waals surface area (Å²) in [5, 5.41) is 0.432. The number of hydrogen-bond acceptors (Lipinski definition) is 5. The van der Waals surface area contributed by atoms with Gasteiger partial charge in [0.05, 0.1) is 16.4 Å². The lowest BCUT2D eigenvalue weighted by molar-refractivity contribution is 0.334. The van der Waals surface area contributed by atoms with Crippen molar-refractivity contribution in [1.82, 2.24) is 9.29 Å². The number of halogens is 1. The molecule has 0 unspecified atom stereocenters. The van der Waals surface area contributed by atoms with Gasteiger partial charge in [-0.25, -0.2) is 16.8 Å². The molecule has 0 aliphatic carbocycles. The third-order valence-corrected chi connectivity index (χ3v) is 8.01. The Balaban J connectivity index is 1.99. The summed E-state index contributed by atoms with van der Waals surface area (Å²) in [7, 11) is -7.09. The topological polar surface area (TPSA) is 84.4 Å². The lowest BCUT2D eigenvalue weighted by atomic mass is 10.2. The zero-order valence-electron chi connectivity index (χ0n) is 13.2. The van der Waals surface area contributed by atoms with Crippen LogP contribution in [0.1, 0.15) is 12.0 Å². The summed E-state index contributed by atoms with van der Waals surface area (Å²) >= 11 is 5.84. The van der Waals surface area contributed by atoms with Gasteiger partial charge in [0.15, 0.2) is 9.84 Å². The number of benzene rings is 1. The van der Waals surface area contributed by atoms with Gasteiger partial charge < -0.3 is 0 Å². The van der Waals surface area contributed by atoms with Crippen molar-refractivity contribution in [1.29, 1.82) is 0 Å². The highest BCUT2D eigenvalue weighted by atomic mass is 35.5. The quantitative estimate of drug-likeness (QED) is 0.767. The first kappa shape index (κ1) is 18.3. The van der Waals surface area contributed by atoms with Crippen LogP contribution in [0.3, 0.4) is 0 Å². The molecule has 2 heterocycles. The van der Waals surface area contributed by atoms with Crippen molar-refractivity contribution in [2.45, 2.75) is 23.9 Å². The first-order chi connectivity index (χ1) is 11.8. The highest BCUT2D eigenvalue weighted by Crippen LogP contribution is 2.27. The molecule has 0 N–H and O–H groups in total. The third kappa shape index (κ3) is 4.20. The molecule has 1 aliphatic rings. The van der Waals surface area contributed by atoms with Gasteiger partial charge >= 0.3 is 0 Å². The Morgan fingerprint density at radius 1 is 1.20 bits per heavy atom. The van der Waals surface area contributed by atoms with Crippen LogP contribution in [0, 0.1) is 0 Å². The fourth-order valence-electron chi connectivity index (χ4n) is 2.83. The van der Waals surface area contributed by atoms with Crippen molar-refractivity contribution in [3.8, 4) is 0 Å². The maximum absolute atomic E-state index is 13.1. The number of sulfone groups is 1. The lowest BCUT2D eigenvalue weighted by Gasteiger charge is -2.27. The molecule has 1 aliphatic heterocycles. The summed E-state index contributed by atoms with van der Waals surface area (Å²) < 4.78 is 51.2. The fourth-order valence-corrected chi connectivity index (χ4v) is 6.42. The van der Waals surface area contributed by atoms with Crippen LogP contribution in [0.2, 0.25) is 5.02 Å². The summed E-state index contributed by atoms with van der Waals surface area (Å²) in [6.45, 7) is 0.0684. The van der Waals surface area contributed by atoms with Crippen LogP contribution in [-0.4, -0.2) is 43.7 Å². The molecule has 0 bridgehead atoms. The molecule has 25 heavy (non-hydrogen) atoms. The van der Waals surface area contributed by atoms with Crippen molar-refractivity contribution < 1.29 is 16.8 Å². The second-order valence-corrected chi connectivity index (χ2v) is 10.5. The van der Waals surface area contributed by atoms with Crippen LogP contribution in [-0.2, 0) is 26.4 Å². The van der Waals surface area contributed by atoms with Crippen LogP contribution in [0.5, 0.6) is 0 Å². The molecule has 1 aromatic heterocycles. The second-order valence-electron chi connectivity index (χ2n) is 5.92. The molecule has 2 aromatic rings. The van der Waals surface area contributed by atoms with Gasteiger partial charge in [-0.2, -0.15) is 4.31 Å². The average molecular weight is 401 g/mol. The van der Waals surface area contributed by atoms with E-state index in [1.54, 1.807) is 24.5 Å². The average Bonchev–Trinajstić information content (AvgIpc) is 2.93. The van der Waals surface area contributed by atoms with Gasteiger partial charge in [-0.3, -0.25) is 4.98 Å². The first-order valence-electron chi connectivity index (χ1n) is 7.65. The standard InChI is InChI=1S/C16H17ClN2O4S2/c17-14-3-5-16(6-4-14)25(22,23)19(11-13-2-1-8-18-10-13)15-7-9-24(20,21)12-15/h1-6,8,10,15H,7,9,11-12H2/t15-/m1/s1. The largest absolute Gasteiger partial charge is 0.264 e. The Morgan fingerprint density at radius 2 is 1.92 bits per heavy atom. The Kier molecular flexibility index (Phi) is 5.15. The predicted molar refractivity (Wildman–Crippen MR) is 95.5 cm³/mol. The van der Waals surface area contributed by atoms with E-state index < -0.39 is 25.9 Å². The lowest BCUT2D eigenvalue weighted by Crippen LogP contribution is -2.40.